The molecule has 0 bridgehead atoms. The number of hydrogen-bond acceptors (Lipinski definition) is 3. The van der Waals surface area contributed by atoms with E-state index in [2.05, 4.69) is 10.2 Å². The zero-order valence-corrected chi connectivity index (χ0v) is 10.6. The zero-order valence-electron chi connectivity index (χ0n) is 10.6. The summed E-state index contributed by atoms with van der Waals surface area (Å²) in [7, 11) is 2.01. The van der Waals surface area contributed by atoms with Gasteiger partial charge < -0.3 is 10.2 Å². The van der Waals surface area contributed by atoms with Crippen LogP contribution in [0.15, 0.2) is 0 Å². The van der Waals surface area contributed by atoms with E-state index in [9.17, 15) is 8.78 Å². The average Bonchev–Trinajstić information content (AvgIpc) is 2.63. The summed E-state index contributed by atoms with van der Waals surface area (Å²) in [5.74, 6) is -2.34. The molecule has 0 aromatic carbocycles. The fourth-order valence-corrected chi connectivity index (χ4v) is 2.88. The minimum absolute atomic E-state index is 0.0568. The number of piperazine rings is 1. The van der Waals surface area contributed by atoms with Crippen molar-refractivity contribution >= 4 is 0 Å². The topological polar surface area (TPSA) is 18.5 Å². The van der Waals surface area contributed by atoms with E-state index in [1.54, 1.807) is 0 Å². The molecule has 2 heterocycles. The van der Waals surface area contributed by atoms with Crippen molar-refractivity contribution in [3.63, 3.8) is 0 Å². The molecule has 1 atom stereocenters. The summed E-state index contributed by atoms with van der Waals surface area (Å²) in [6, 6.07) is 0. The lowest BCUT2D eigenvalue weighted by Crippen LogP contribution is -2.48. The second-order valence-corrected chi connectivity index (χ2v) is 5.50. The predicted molar refractivity (Wildman–Crippen MR) is 64.5 cm³/mol. The SMILES string of the molecule is CN1CCC(CC(F)(F)CN2CCNCC2)C1. The maximum Gasteiger partial charge on any atom is 0.260 e. The number of rotatable bonds is 4. The van der Waals surface area contributed by atoms with E-state index in [0.29, 0.717) is 0 Å². The number of alkyl halides is 2. The van der Waals surface area contributed by atoms with Gasteiger partial charge in [-0.15, -0.1) is 0 Å². The molecule has 5 heteroatoms. The van der Waals surface area contributed by atoms with Crippen LogP contribution < -0.4 is 5.32 Å². The van der Waals surface area contributed by atoms with Crippen molar-refractivity contribution in [2.24, 2.45) is 5.92 Å². The fourth-order valence-electron chi connectivity index (χ4n) is 2.88. The van der Waals surface area contributed by atoms with Crippen molar-refractivity contribution in [1.82, 2.24) is 15.1 Å². The molecule has 0 aromatic rings. The van der Waals surface area contributed by atoms with Crippen molar-refractivity contribution in [3.05, 3.63) is 0 Å². The van der Waals surface area contributed by atoms with Crippen LogP contribution in [-0.2, 0) is 0 Å². The van der Waals surface area contributed by atoms with Crippen molar-refractivity contribution < 1.29 is 8.78 Å². The van der Waals surface area contributed by atoms with Gasteiger partial charge in [0.2, 0.25) is 0 Å². The van der Waals surface area contributed by atoms with Gasteiger partial charge in [-0.1, -0.05) is 0 Å². The van der Waals surface area contributed by atoms with E-state index in [1.807, 2.05) is 11.9 Å². The summed E-state index contributed by atoms with van der Waals surface area (Å²) >= 11 is 0. The van der Waals surface area contributed by atoms with Crippen LogP contribution in [-0.4, -0.2) is 68.6 Å². The maximum absolute atomic E-state index is 13.9. The Bertz CT molecular complexity index is 233. The highest BCUT2D eigenvalue weighted by molar-refractivity contribution is 4.82. The molecule has 3 nitrogen and oxygen atoms in total. The number of hydrogen-bond donors (Lipinski definition) is 1. The normalized spacial score (nSPS) is 28.8. The van der Waals surface area contributed by atoms with Gasteiger partial charge in [0.25, 0.3) is 5.92 Å². The van der Waals surface area contributed by atoms with Gasteiger partial charge in [0.15, 0.2) is 0 Å². The zero-order chi connectivity index (χ0) is 12.3. The van der Waals surface area contributed by atoms with Crippen LogP contribution in [0.4, 0.5) is 8.78 Å². The lowest BCUT2D eigenvalue weighted by atomic mass is 9.99. The molecular weight excluding hydrogens is 224 g/mol. The van der Waals surface area contributed by atoms with E-state index >= 15 is 0 Å². The second kappa shape index (κ2) is 5.59. The van der Waals surface area contributed by atoms with Crippen LogP contribution >= 0.6 is 0 Å². The Morgan fingerprint density at radius 1 is 1.24 bits per heavy atom. The third-order valence-electron chi connectivity index (χ3n) is 3.74. The second-order valence-electron chi connectivity index (χ2n) is 5.50. The first kappa shape index (κ1) is 13.2. The Balaban J connectivity index is 1.76. The Hall–Kier alpha value is -0.260. The van der Waals surface area contributed by atoms with Gasteiger partial charge in [0, 0.05) is 39.1 Å². The van der Waals surface area contributed by atoms with Crippen LogP contribution in [0.5, 0.6) is 0 Å². The van der Waals surface area contributed by atoms with Crippen molar-refractivity contribution in [2.75, 3.05) is 52.9 Å². The fraction of sp³-hybridized carbons (Fsp3) is 1.00. The van der Waals surface area contributed by atoms with Crippen molar-refractivity contribution in [3.8, 4) is 0 Å². The third kappa shape index (κ3) is 4.16. The Labute approximate surface area is 102 Å². The molecule has 0 aliphatic carbocycles. The summed E-state index contributed by atoms with van der Waals surface area (Å²) in [5.41, 5.74) is 0. The van der Waals surface area contributed by atoms with E-state index in [0.717, 1.165) is 45.7 Å². The van der Waals surface area contributed by atoms with Gasteiger partial charge in [-0.3, -0.25) is 4.90 Å². The van der Waals surface area contributed by atoms with Gasteiger partial charge in [-0.2, -0.15) is 0 Å². The highest BCUT2D eigenvalue weighted by atomic mass is 19.3. The van der Waals surface area contributed by atoms with E-state index < -0.39 is 5.92 Å². The van der Waals surface area contributed by atoms with Gasteiger partial charge in [0.1, 0.15) is 0 Å². The molecule has 2 aliphatic rings. The highest BCUT2D eigenvalue weighted by Crippen LogP contribution is 2.29. The standard InChI is InChI=1S/C12H23F2N3/c1-16-5-2-11(9-16)8-12(13,14)10-17-6-3-15-4-7-17/h11,15H,2-10H2,1H3. The quantitative estimate of drug-likeness (QED) is 0.795. The molecular formula is C12H23F2N3. The smallest absolute Gasteiger partial charge is 0.260 e. The van der Waals surface area contributed by atoms with Gasteiger partial charge in [-0.05, 0) is 25.9 Å². The molecule has 17 heavy (non-hydrogen) atoms. The monoisotopic (exact) mass is 247 g/mol. The third-order valence-corrected chi connectivity index (χ3v) is 3.74. The van der Waals surface area contributed by atoms with Crippen LogP contribution in [0.25, 0.3) is 0 Å². The summed E-state index contributed by atoms with van der Waals surface area (Å²) < 4.78 is 27.8. The molecule has 1 unspecified atom stereocenters. The first-order valence-corrected chi connectivity index (χ1v) is 6.55. The molecule has 0 saturated carbocycles. The minimum atomic E-state index is -2.52. The van der Waals surface area contributed by atoms with Crippen molar-refractivity contribution in [1.29, 1.82) is 0 Å². The van der Waals surface area contributed by atoms with Crippen LogP contribution in [0.2, 0.25) is 0 Å². The predicted octanol–water partition coefficient (Wildman–Crippen LogP) is 0.869. The molecule has 0 aromatic heterocycles. The van der Waals surface area contributed by atoms with E-state index in [-0.39, 0.29) is 18.9 Å². The number of nitrogens with zero attached hydrogens (tertiary/aromatic N) is 2. The number of halogens is 2. The molecule has 100 valence electrons. The molecule has 2 fully saturated rings. The average molecular weight is 247 g/mol. The Morgan fingerprint density at radius 2 is 1.94 bits per heavy atom. The van der Waals surface area contributed by atoms with Gasteiger partial charge in [-0.25, -0.2) is 8.78 Å². The van der Waals surface area contributed by atoms with Crippen LogP contribution in [0.3, 0.4) is 0 Å². The van der Waals surface area contributed by atoms with Gasteiger partial charge in [0.05, 0.1) is 6.54 Å². The highest BCUT2D eigenvalue weighted by Gasteiger charge is 2.36. The molecule has 0 amide bonds. The molecule has 2 aliphatic heterocycles. The largest absolute Gasteiger partial charge is 0.314 e. The van der Waals surface area contributed by atoms with Gasteiger partial charge >= 0.3 is 0 Å². The lowest BCUT2D eigenvalue weighted by Gasteiger charge is -2.31. The number of likely N-dealkylation sites (tertiary alicyclic amines) is 1. The van der Waals surface area contributed by atoms with E-state index in [4.69, 9.17) is 0 Å². The summed E-state index contributed by atoms with van der Waals surface area (Å²) in [5, 5.41) is 3.19. The molecule has 0 radical (unpaired) electrons. The molecule has 0 spiro atoms. The van der Waals surface area contributed by atoms with Crippen LogP contribution in [0, 0.1) is 5.92 Å². The van der Waals surface area contributed by atoms with Crippen LogP contribution in [0.1, 0.15) is 12.8 Å². The van der Waals surface area contributed by atoms with E-state index in [1.165, 1.54) is 0 Å². The maximum atomic E-state index is 13.9. The summed E-state index contributed by atoms with van der Waals surface area (Å²) in [6.45, 7) is 4.91. The lowest BCUT2D eigenvalue weighted by molar-refractivity contribution is -0.0522. The van der Waals surface area contributed by atoms with Crippen molar-refractivity contribution in [2.45, 2.75) is 18.8 Å². The molecule has 2 rings (SSSR count). The number of nitrogens with one attached hydrogen (secondary N) is 1. The molecule has 1 N–H and O–H groups in total. The molecule has 2 saturated heterocycles. The first-order valence-electron chi connectivity index (χ1n) is 6.55. The summed E-state index contributed by atoms with van der Waals surface area (Å²) in [6.07, 6.45) is 0.981. The first-order chi connectivity index (χ1) is 8.05. The Kier molecular flexibility index (Phi) is 4.33. The summed E-state index contributed by atoms with van der Waals surface area (Å²) in [4.78, 5) is 4.03. The minimum Gasteiger partial charge on any atom is -0.314 e. The Morgan fingerprint density at radius 3 is 2.53 bits per heavy atom.